The van der Waals surface area contributed by atoms with Crippen LogP contribution in [-0.2, 0) is 23.1 Å². The van der Waals surface area contributed by atoms with Gasteiger partial charge in [-0.05, 0) is 0 Å². The zero-order valence-electron chi connectivity index (χ0n) is 9.48. The first-order valence-electron chi connectivity index (χ1n) is 5.22. The van der Waals surface area contributed by atoms with Gasteiger partial charge in [0.1, 0.15) is 9.90 Å². The van der Waals surface area contributed by atoms with Crippen LogP contribution in [0.2, 0.25) is 0 Å². The predicted octanol–water partition coefficient (Wildman–Crippen LogP) is -0.223. The van der Waals surface area contributed by atoms with Crippen molar-refractivity contribution < 1.29 is 8.42 Å². The van der Waals surface area contributed by atoms with E-state index in [-0.39, 0.29) is 11.4 Å². The molecule has 0 atom stereocenters. The Kier molecular flexibility index (Phi) is 4.07. The monoisotopic (exact) mass is 287 g/mol. The third-order valence-corrected chi connectivity index (χ3v) is 4.31. The van der Waals surface area contributed by atoms with Crippen LogP contribution in [0, 0.1) is 0 Å². The van der Waals surface area contributed by atoms with Gasteiger partial charge in [0, 0.05) is 24.3 Å². The molecule has 0 amide bonds. The topological polar surface area (TPSA) is 103 Å². The molecule has 2 aromatic heterocycles. The van der Waals surface area contributed by atoms with Gasteiger partial charge < -0.3 is 5.73 Å². The lowest BCUT2D eigenvalue weighted by molar-refractivity contribution is 0.580. The van der Waals surface area contributed by atoms with Crippen molar-refractivity contribution in [3.63, 3.8) is 0 Å². The molecule has 0 aromatic carbocycles. The summed E-state index contributed by atoms with van der Waals surface area (Å²) in [6.07, 6.45) is 4.39. The van der Waals surface area contributed by atoms with E-state index in [1.165, 1.54) is 28.4 Å². The van der Waals surface area contributed by atoms with E-state index < -0.39 is 10.0 Å². The van der Waals surface area contributed by atoms with Gasteiger partial charge in [-0.2, -0.15) is 5.10 Å². The van der Waals surface area contributed by atoms with Crippen LogP contribution < -0.4 is 10.5 Å². The molecule has 0 radical (unpaired) electrons. The highest BCUT2D eigenvalue weighted by Gasteiger charge is 2.16. The van der Waals surface area contributed by atoms with Crippen LogP contribution in [-0.4, -0.2) is 29.7 Å². The number of nitrogens with zero attached hydrogens (tertiary/aromatic N) is 3. The number of hydrogen-bond acceptors (Lipinski definition) is 6. The summed E-state index contributed by atoms with van der Waals surface area (Å²) in [7, 11) is -3.54. The number of sulfonamides is 1. The third-order valence-electron chi connectivity index (χ3n) is 2.17. The summed E-state index contributed by atoms with van der Waals surface area (Å²) in [6.45, 7) is 1.08. The summed E-state index contributed by atoms with van der Waals surface area (Å²) in [6, 6.07) is 0. The first-order chi connectivity index (χ1) is 8.62. The Labute approximate surface area is 109 Å². The molecule has 0 spiro atoms. The van der Waals surface area contributed by atoms with Crippen LogP contribution in [0.15, 0.2) is 28.9 Å². The maximum absolute atomic E-state index is 11.9. The second-order valence-corrected chi connectivity index (χ2v) is 6.22. The molecule has 2 heterocycles. The molecule has 0 bridgehead atoms. The van der Waals surface area contributed by atoms with Crippen LogP contribution in [0.4, 0.5) is 0 Å². The van der Waals surface area contributed by atoms with Crippen molar-refractivity contribution >= 4 is 21.4 Å². The Morgan fingerprint density at radius 1 is 1.50 bits per heavy atom. The van der Waals surface area contributed by atoms with Gasteiger partial charge in [0.2, 0.25) is 10.0 Å². The van der Waals surface area contributed by atoms with Crippen molar-refractivity contribution in [1.82, 2.24) is 19.5 Å². The lowest BCUT2D eigenvalue weighted by atomic mass is 10.6. The molecule has 0 fully saturated rings. The van der Waals surface area contributed by atoms with E-state index in [1.54, 1.807) is 11.6 Å². The van der Waals surface area contributed by atoms with Gasteiger partial charge in [0.15, 0.2) is 0 Å². The standard InChI is InChI=1S/C9H13N5O2S2/c10-1-3-14-7-8(5-12-14)18(15,16)13-6-9-11-2-4-17-9/h2,4-5,7,13H,1,3,6,10H2. The molecule has 98 valence electrons. The molecule has 2 aromatic rings. The van der Waals surface area contributed by atoms with Crippen molar-refractivity contribution in [3.05, 3.63) is 29.0 Å². The van der Waals surface area contributed by atoms with Gasteiger partial charge in [0.25, 0.3) is 0 Å². The highest BCUT2D eigenvalue weighted by Crippen LogP contribution is 2.09. The molecule has 0 saturated heterocycles. The van der Waals surface area contributed by atoms with Crippen LogP contribution in [0.25, 0.3) is 0 Å². The second-order valence-electron chi connectivity index (χ2n) is 3.48. The predicted molar refractivity (Wildman–Crippen MR) is 67.4 cm³/mol. The number of thiazole rings is 1. The lowest BCUT2D eigenvalue weighted by Crippen LogP contribution is -2.22. The average Bonchev–Trinajstić information content (AvgIpc) is 2.98. The fourth-order valence-electron chi connectivity index (χ4n) is 1.32. The zero-order chi connectivity index (χ0) is 13.0. The Morgan fingerprint density at radius 3 is 3.00 bits per heavy atom. The van der Waals surface area contributed by atoms with E-state index in [2.05, 4.69) is 14.8 Å². The normalized spacial score (nSPS) is 11.8. The maximum Gasteiger partial charge on any atom is 0.244 e. The fourth-order valence-corrected chi connectivity index (χ4v) is 2.91. The molecule has 0 saturated carbocycles. The summed E-state index contributed by atoms with van der Waals surface area (Å²) >= 11 is 1.40. The number of hydrogen-bond donors (Lipinski definition) is 2. The van der Waals surface area contributed by atoms with Crippen molar-refractivity contribution in [2.75, 3.05) is 6.54 Å². The van der Waals surface area contributed by atoms with Crippen LogP contribution in [0.3, 0.4) is 0 Å². The highest BCUT2D eigenvalue weighted by molar-refractivity contribution is 7.89. The largest absolute Gasteiger partial charge is 0.329 e. The molecule has 9 heteroatoms. The molecule has 0 aliphatic heterocycles. The first-order valence-corrected chi connectivity index (χ1v) is 7.58. The van der Waals surface area contributed by atoms with Gasteiger partial charge in [0.05, 0.1) is 19.3 Å². The molecule has 0 aliphatic carbocycles. The van der Waals surface area contributed by atoms with Crippen LogP contribution in [0.1, 0.15) is 5.01 Å². The Morgan fingerprint density at radius 2 is 2.33 bits per heavy atom. The SMILES string of the molecule is NCCn1cc(S(=O)(=O)NCc2nccs2)cn1. The van der Waals surface area contributed by atoms with Crippen molar-refractivity contribution in [2.24, 2.45) is 5.73 Å². The average molecular weight is 287 g/mol. The van der Waals surface area contributed by atoms with Crippen molar-refractivity contribution in [3.8, 4) is 0 Å². The van der Waals surface area contributed by atoms with E-state index >= 15 is 0 Å². The minimum Gasteiger partial charge on any atom is -0.329 e. The quantitative estimate of drug-likeness (QED) is 0.764. The molecule has 0 unspecified atom stereocenters. The summed E-state index contributed by atoms with van der Waals surface area (Å²) in [5.74, 6) is 0. The van der Waals surface area contributed by atoms with Gasteiger partial charge in [-0.15, -0.1) is 11.3 Å². The minimum absolute atomic E-state index is 0.132. The smallest absolute Gasteiger partial charge is 0.244 e. The van der Waals surface area contributed by atoms with Crippen molar-refractivity contribution in [1.29, 1.82) is 0 Å². The molecule has 7 nitrogen and oxygen atoms in total. The van der Waals surface area contributed by atoms with E-state index in [4.69, 9.17) is 5.73 Å². The summed E-state index contributed by atoms with van der Waals surface area (Å²) in [5.41, 5.74) is 5.37. The Hall–Kier alpha value is -1.29. The fraction of sp³-hybridized carbons (Fsp3) is 0.333. The lowest BCUT2D eigenvalue weighted by Gasteiger charge is -2.01. The molecule has 18 heavy (non-hydrogen) atoms. The van der Waals surface area contributed by atoms with Gasteiger partial charge in [-0.25, -0.2) is 18.1 Å². The molecular formula is C9H13N5O2S2. The Balaban J connectivity index is 2.05. The van der Waals surface area contributed by atoms with Gasteiger partial charge in [-0.3, -0.25) is 4.68 Å². The number of nitrogens with one attached hydrogen (secondary N) is 1. The van der Waals surface area contributed by atoms with Gasteiger partial charge in [-0.1, -0.05) is 0 Å². The third kappa shape index (κ3) is 3.13. The highest BCUT2D eigenvalue weighted by atomic mass is 32.2. The van der Waals surface area contributed by atoms with Gasteiger partial charge >= 0.3 is 0 Å². The second kappa shape index (κ2) is 5.57. The van der Waals surface area contributed by atoms with E-state index in [9.17, 15) is 8.42 Å². The minimum atomic E-state index is -3.54. The maximum atomic E-state index is 11.9. The van der Waals surface area contributed by atoms with E-state index in [1.807, 2.05) is 0 Å². The van der Waals surface area contributed by atoms with E-state index in [0.29, 0.717) is 18.1 Å². The first kappa shape index (κ1) is 13.1. The number of nitrogens with two attached hydrogens (primary N) is 1. The van der Waals surface area contributed by atoms with Crippen LogP contribution in [0.5, 0.6) is 0 Å². The number of rotatable bonds is 6. The summed E-state index contributed by atoms with van der Waals surface area (Å²) in [4.78, 5) is 4.13. The zero-order valence-corrected chi connectivity index (χ0v) is 11.1. The molecule has 0 aliphatic rings. The van der Waals surface area contributed by atoms with Crippen molar-refractivity contribution in [2.45, 2.75) is 18.0 Å². The molecular weight excluding hydrogens is 274 g/mol. The van der Waals surface area contributed by atoms with Crippen LogP contribution >= 0.6 is 11.3 Å². The number of aromatic nitrogens is 3. The van der Waals surface area contributed by atoms with E-state index in [0.717, 1.165) is 0 Å². The molecule has 3 N–H and O–H groups in total. The Bertz CT molecular complexity index is 590. The molecule has 2 rings (SSSR count). The summed E-state index contributed by atoms with van der Waals surface area (Å²) in [5, 5.41) is 6.43. The summed E-state index contributed by atoms with van der Waals surface area (Å²) < 4.78 is 27.8.